The van der Waals surface area contributed by atoms with E-state index < -0.39 is 0 Å². The summed E-state index contributed by atoms with van der Waals surface area (Å²) >= 11 is 1.33. The highest BCUT2D eigenvalue weighted by Gasteiger charge is 2.28. The zero-order valence-corrected chi connectivity index (χ0v) is 20.4. The number of ether oxygens (including phenoxy) is 1. The maximum absolute atomic E-state index is 13.2. The number of hydrogen-bond donors (Lipinski definition) is 0. The van der Waals surface area contributed by atoms with Gasteiger partial charge in [-0.15, -0.1) is 16.4 Å². The monoisotopic (exact) mass is 468 g/mol. The molecule has 10 heteroatoms. The summed E-state index contributed by atoms with van der Waals surface area (Å²) in [6, 6.07) is 6.17. The molecule has 0 atom stereocenters. The lowest BCUT2D eigenvalue weighted by atomic mass is 10.1. The van der Waals surface area contributed by atoms with Crippen molar-refractivity contribution in [1.29, 1.82) is 0 Å². The number of rotatable bonds is 4. The van der Waals surface area contributed by atoms with Crippen LogP contribution in [0.5, 0.6) is 0 Å². The van der Waals surface area contributed by atoms with E-state index in [1.54, 1.807) is 21.4 Å². The molecule has 0 aliphatic carbocycles. The highest BCUT2D eigenvalue weighted by molar-refractivity contribution is 7.17. The van der Waals surface area contributed by atoms with Crippen molar-refractivity contribution < 1.29 is 14.3 Å². The lowest BCUT2D eigenvalue weighted by Crippen LogP contribution is -2.50. The number of piperazine rings is 1. The van der Waals surface area contributed by atoms with E-state index in [0.717, 1.165) is 11.4 Å². The van der Waals surface area contributed by atoms with E-state index in [4.69, 9.17) is 4.74 Å². The molecule has 1 saturated heterocycles. The minimum Gasteiger partial charge on any atom is -0.450 e. The number of thiazole rings is 1. The molecule has 2 aromatic heterocycles. The molecule has 0 unspecified atom stereocenters. The Morgan fingerprint density at radius 1 is 1.03 bits per heavy atom. The summed E-state index contributed by atoms with van der Waals surface area (Å²) in [5, 5.41) is 9.38. The summed E-state index contributed by atoms with van der Waals surface area (Å²) in [6.45, 7) is 11.9. The van der Waals surface area contributed by atoms with Gasteiger partial charge in [-0.25, -0.2) is 14.5 Å². The molecule has 1 aromatic carbocycles. The highest BCUT2D eigenvalue weighted by atomic mass is 32.1. The van der Waals surface area contributed by atoms with E-state index in [9.17, 15) is 9.59 Å². The van der Waals surface area contributed by atoms with Gasteiger partial charge >= 0.3 is 6.09 Å². The van der Waals surface area contributed by atoms with Crippen LogP contribution in [-0.4, -0.2) is 74.6 Å². The van der Waals surface area contributed by atoms with Crippen LogP contribution in [-0.2, 0) is 4.74 Å². The van der Waals surface area contributed by atoms with Gasteiger partial charge in [-0.05, 0) is 57.9 Å². The van der Waals surface area contributed by atoms with E-state index in [2.05, 4.69) is 41.3 Å². The molecule has 0 radical (unpaired) electrons. The zero-order chi connectivity index (χ0) is 23.7. The Morgan fingerprint density at radius 2 is 1.73 bits per heavy atom. The molecule has 1 fully saturated rings. The number of aromatic nitrogens is 4. The number of amides is 2. The van der Waals surface area contributed by atoms with Crippen LogP contribution in [0, 0.1) is 27.7 Å². The Hall–Kier alpha value is -3.27. The Morgan fingerprint density at radius 3 is 2.39 bits per heavy atom. The predicted octanol–water partition coefficient (Wildman–Crippen LogP) is 3.54. The Kier molecular flexibility index (Phi) is 6.46. The van der Waals surface area contributed by atoms with Gasteiger partial charge in [-0.2, -0.15) is 0 Å². The maximum Gasteiger partial charge on any atom is 0.409 e. The van der Waals surface area contributed by atoms with Crippen molar-refractivity contribution in [2.75, 3.05) is 32.8 Å². The van der Waals surface area contributed by atoms with Crippen LogP contribution in [0.2, 0.25) is 0 Å². The number of carbonyl (C=O) groups is 2. The van der Waals surface area contributed by atoms with Crippen molar-refractivity contribution in [1.82, 2.24) is 29.8 Å². The number of carbonyl (C=O) groups excluding carboxylic acids is 2. The van der Waals surface area contributed by atoms with Crippen LogP contribution in [0.1, 0.15) is 39.1 Å². The SMILES string of the molecule is CCOC(=O)N1CCN(C(=O)c2sc(-c3nnn(-c4ccc(C)c(C)c4)c3C)nc2C)CC1. The standard InChI is InChI=1S/C23H28N6O3S/c1-6-32-23(31)28-11-9-27(10-12-28)22(30)20-16(4)24-21(33-20)19-17(5)29(26-25-19)18-8-7-14(2)15(3)13-18/h7-8,13H,6,9-12H2,1-5H3. The van der Waals surface area contributed by atoms with Gasteiger partial charge in [0.25, 0.3) is 5.91 Å². The molecule has 0 saturated carbocycles. The van der Waals surface area contributed by atoms with E-state index in [1.807, 2.05) is 19.9 Å². The largest absolute Gasteiger partial charge is 0.450 e. The molecule has 174 valence electrons. The van der Waals surface area contributed by atoms with Crippen LogP contribution in [0.3, 0.4) is 0 Å². The van der Waals surface area contributed by atoms with E-state index >= 15 is 0 Å². The summed E-state index contributed by atoms with van der Waals surface area (Å²) in [7, 11) is 0. The molecular formula is C23H28N6O3S. The Bertz CT molecular complexity index is 1190. The topological polar surface area (TPSA) is 93.5 Å². The van der Waals surface area contributed by atoms with E-state index in [-0.39, 0.29) is 12.0 Å². The molecule has 3 heterocycles. The van der Waals surface area contributed by atoms with Crippen LogP contribution >= 0.6 is 11.3 Å². The van der Waals surface area contributed by atoms with Gasteiger partial charge in [0.1, 0.15) is 15.6 Å². The number of benzene rings is 1. The van der Waals surface area contributed by atoms with Gasteiger partial charge in [0.05, 0.1) is 23.7 Å². The smallest absolute Gasteiger partial charge is 0.409 e. The third-order valence-electron chi connectivity index (χ3n) is 5.92. The van der Waals surface area contributed by atoms with Crippen molar-refractivity contribution in [3.8, 4) is 16.4 Å². The van der Waals surface area contributed by atoms with Gasteiger partial charge in [0, 0.05) is 26.2 Å². The van der Waals surface area contributed by atoms with Crippen molar-refractivity contribution in [3.05, 3.63) is 45.6 Å². The van der Waals surface area contributed by atoms with Crippen LogP contribution in [0.25, 0.3) is 16.4 Å². The molecule has 0 bridgehead atoms. The van der Waals surface area contributed by atoms with E-state index in [0.29, 0.717) is 54.1 Å². The molecule has 2 amide bonds. The molecule has 3 aromatic rings. The predicted molar refractivity (Wildman–Crippen MR) is 126 cm³/mol. The minimum atomic E-state index is -0.330. The van der Waals surface area contributed by atoms with Gasteiger partial charge in [-0.3, -0.25) is 4.79 Å². The number of hydrogen-bond acceptors (Lipinski definition) is 7. The fourth-order valence-corrected chi connectivity index (χ4v) is 4.85. The highest BCUT2D eigenvalue weighted by Crippen LogP contribution is 2.30. The number of nitrogens with zero attached hydrogens (tertiary/aromatic N) is 6. The average molecular weight is 469 g/mol. The van der Waals surface area contributed by atoms with Crippen LogP contribution < -0.4 is 0 Å². The second-order valence-corrected chi connectivity index (χ2v) is 9.11. The summed E-state index contributed by atoms with van der Waals surface area (Å²) in [5.74, 6) is -0.0704. The van der Waals surface area contributed by atoms with Crippen molar-refractivity contribution in [2.24, 2.45) is 0 Å². The van der Waals surface area contributed by atoms with Gasteiger partial charge in [0.2, 0.25) is 0 Å². The van der Waals surface area contributed by atoms with Gasteiger partial charge < -0.3 is 14.5 Å². The van der Waals surface area contributed by atoms with Gasteiger partial charge in [-0.1, -0.05) is 11.3 Å². The van der Waals surface area contributed by atoms with E-state index in [1.165, 1.54) is 22.5 Å². The molecule has 33 heavy (non-hydrogen) atoms. The summed E-state index contributed by atoms with van der Waals surface area (Å²) in [4.78, 5) is 33.7. The normalized spacial score (nSPS) is 14.0. The lowest BCUT2D eigenvalue weighted by molar-refractivity contribution is 0.0573. The third kappa shape index (κ3) is 4.47. The molecule has 0 N–H and O–H groups in total. The molecular weight excluding hydrogens is 440 g/mol. The fourth-order valence-electron chi connectivity index (χ4n) is 3.78. The molecule has 0 spiro atoms. The summed E-state index contributed by atoms with van der Waals surface area (Å²) < 4.78 is 6.85. The second-order valence-electron chi connectivity index (χ2n) is 8.12. The average Bonchev–Trinajstić information content (AvgIpc) is 3.37. The zero-order valence-electron chi connectivity index (χ0n) is 19.6. The Labute approximate surface area is 197 Å². The summed E-state index contributed by atoms with van der Waals surface area (Å²) in [6.07, 6.45) is -0.330. The molecule has 4 rings (SSSR count). The Balaban J connectivity index is 1.52. The quantitative estimate of drug-likeness (QED) is 0.581. The first-order valence-electron chi connectivity index (χ1n) is 11.0. The van der Waals surface area contributed by atoms with Crippen LogP contribution in [0.15, 0.2) is 18.2 Å². The van der Waals surface area contributed by atoms with Crippen molar-refractivity contribution >= 4 is 23.3 Å². The summed E-state index contributed by atoms with van der Waals surface area (Å²) in [5.41, 5.74) is 5.57. The number of aryl methyl sites for hydroxylation is 3. The second kappa shape index (κ2) is 9.30. The van der Waals surface area contributed by atoms with Gasteiger partial charge in [0.15, 0.2) is 0 Å². The van der Waals surface area contributed by atoms with Crippen LogP contribution in [0.4, 0.5) is 4.79 Å². The first kappa shape index (κ1) is 22.9. The molecule has 1 aliphatic rings. The maximum atomic E-state index is 13.2. The third-order valence-corrected chi connectivity index (χ3v) is 7.07. The molecule has 9 nitrogen and oxygen atoms in total. The lowest BCUT2D eigenvalue weighted by Gasteiger charge is -2.33. The first-order valence-corrected chi connectivity index (χ1v) is 11.8. The fraction of sp³-hybridized carbons (Fsp3) is 0.435. The minimum absolute atomic E-state index is 0.0704. The van der Waals surface area contributed by atoms with Crippen molar-refractivity contribution in [2.45, 2.75) is 34.6 Å². The van der Waals surface area contributed by atoms with Crippen molar-refractivity contribution in [3.63, 3.8) is 0 Å². The first-order chi connectivity index (χ1) is 15.8. The molecule has 1 aliphatic heterocycles.